The molecule has 1 unspecified atom stereocenters. The Labute approximate surface area is 93.0 Å². The molecule has 16 heavy (non-hydrogen) atoms. The summed E-state index contributed by atoms with van der Waals surface area (Å²) >= 11 is 0. The highest BCUT2D eigenvalue weighted by atomic mass is 19.1. The lowest BCUT2D eigenvalue weighted by atomic mass is 10.1. The van der Waals surface area contributed by atoms with Gasteiger partial charge in [0.2, 0.25) is 5.91 Å². The molecule has 1 aliphatic rings. The molecule has 1 amide bonds. The van der Waals surface area contributed by atoms with Gasteiger partial charge in [-0.15, -0.1) is 12.3 Å². The number of carbonyl (C=O) groups is 1. The Hall–Kier alpha value is -2.02. The van der Waals surface area contributed by atoms with Gasteiger partial charge in [-0.1, -0.05) is 6.07 Å². The molecular formula is C12H11FN2O. The molecule has 0 aromatic heterocycles. The van der Waals surface area contributed by atoms with E-state index in [1.54, 1.807) is 6.07 Å². The number of terminal acetylenes is 1. The molecule has 1 saturated heterocycles. The van der Waals surface area contributed by atoms with Crippen LogP contribution in [0.1, 0.15) is 6.42 Å². The average molecular weight is 218 g/mol. The molecule has 1 atom stereocenters. The summed E-state index contributed by atoms with van der Waals surface area (Å²) in [5, 5.41) is 0. The number of halogens is 1. The number of nitrogen functional groups attached to an aromatic ring is 1. The summed E-state index contributed by atoms with van der Waals surface area (Å²) in [4.78, 5) is 13.1. The summed E-state index contributed by atoms with van der Waals surface area (Å²) in [6.07, 6.45) is 5.57. The third kappa shape index (κ3) is 1.61. The van der Waals surface area contributed by atoms with Crippen LogP contribution in [-0.2, 0) is 4.79 Å². The van der Waals surface area contributed by atoms with Gasteiger partial charge in [0.05, 0.1) is 11.4 Å². The highest BCUT2D eigenvalue weighted by Crippen LogP contribution is 2.30. The summed E-state index contributed by atoms with van der Waals surface area (Å²) < 4.78 is 13.2. The van der Waals surface area contributed by atoms with Crippen LogP contribution in [0.3, 0.4) is 0 Å². The molecule has 82 valence electrons. The van der Waals surface area contributed by atoms with Crippen LogP contribution in [0, 0.1) is 24.1 Å². The maximum atomic E-state index is 13.2. The number of nitrogens with zero attached hydrogens (tertiary/aromatic N) is 1. The van der Waals surface area contributed by atoms with Gasteiger partial charge >= 0.3 is 0 Å². The van der Waals surface area contributed by atoms with Crippen LogP contribution in [0.15, 0.2) is 18.2 Å². The maximum Gasteiger partial charge on any atom is 0.228 e. The number of hydrogen-bond acceptors (Lipinski definition) is 2. The van der Waals surface area contributed by atoms with E-state index in [0.717, 1.165) is 0 Å². The van der Waals surface area contributed by atoms with Gasteiger partial charge in [0.15, 0.2) is 0 Å². The van der Waals surface area contributed by atoms with Gasteiger partial charge in [-0.2, -0.15) is 0 Å². The van der Waals surface area contributed by atoms with E-state index in [-0.39, 0.29) is 17.5 Å². The number of benzene rings is 1. The van der Waals surface area contributed by atoms with Crippen molar-refractivity contribution in [2.75, 3.05) is 17.2 Å². The fraction of sp³-hybridized carbons (Fsp3) is 0.250. The molecule has 0 radical (unpaired) electrons. The third-order valence-corrected chi connectivity index (χ3v) is 2.68. The van der Waals surface area contributed by atoms with Gasteiger partial charge in [-0.25, -0.2) is 4.39 Å². The van der Waals surface area contributed by atoms with E-state index < -0.39 is 5.82 Å². The second-order valence-electron chi connectivity index (χ2n) is 3.74. The smallest absolute Gasteiger partial charge is 0.228 e. The van der Waals surface area contributed by atoms with Crippen LogP contribution in [-0.4, -0.2) is 12.5 Å². The number of hydrogen-bond donors (Lipinski definition) is 1. The average Bonchev–Trinajstić information content (AvgIpc) is 2.64. The first kappa shape index (κ1) is 10.5. The fourth-order valence-corrected chi connectivity index (χ4v) is 1.81. The molecule has 1 aliphatic heterocycles. The molecule has 1 aromatic carbocycles. The van der Waals surface area contributed by atoms with E-state index in [4.69, 9.17) is 12.2 Å². The lowest BCUT2D eigenvalue weighted by Gasteiger charge is -2.18. The molecular weight excluding hydrogens is 207 g/mol. The van der Waals surface area contributed by atoms with Crippen LogP contribution in [0.25, 0.3) is 0 Å². The zero-order valence-electron chi connectivity index (χ0n) is 8.61. The Morgan fingerprint density at radius 1 is 1.56 bits per heavy atom. The molecule has 2 rings (SSSR count). The van der Waals surface area contributed by atoms with Crippen molar-refractivity contribution in [3.63, 3.8) is 0 Å². The van der Waals surface area contributed by atoms with E-state index in [1.807, 2.05) is 0 Å². The number of carbonyl (C=O) groups excluding carboxylic acids is 1. The summed E-state index contributed by atoms with van der Waals surface area (Å²) in [5.74, 6) is 1.79. The maximum absolute atomic E-state index is 13.2. The Morgan fingerprint density at radius 2 is 2.31 bits per heavy atom. The van der Waals surface area contributed by atoms with Crippen molar-refractivity contribution in [1.82, 2.24) is 0 Å². The van der Waals surface area contributed by atoms with Crippen LogP contribution >= 0.6 is 0 Å². The van der Waals surface area contributed by atoms with Crippen molar-refractivity contribution in [3.8, 4) is 12.3 Å². The highest BCUT2D eigenvalue weighted by molar-refractivity contribution is 5.98. The number of para-hydroxylation sites is 1. The van der Waals surface area contributed by atoms with Crippen molar-refractivity contribution in [2.45, 2.75) is 6.42 Å². The molecule has 1 aromatic rings. The summed E-state index contributed by atoms with van der Waals surface area (Å²) in [6, 6.07) is 4.41. The highest BCUT2D eigenvalue weighted by Gasteiger charge is 2.30. The SMILES string of the molecule is C#CC1CC(=O)N(c2cccc(F)c2N)C1. The third-order valence-electron chi connectivity index (χ3n) is 2.68. The van der Waals surface area contributed by atoms with E-state index in [0.29, 0.717) is 18.7 Å². The normalized spacial score (nSPS) is 19.9. The molecule has 1 fully saturated rings. The van der Waals surface area contributed by atoms with Gasteiger partial charge in [0.1, 0.15) is 5.82 Å². The summed E-state index contributed by atoms with van der Waals surface area (Å²) in [7, 11) is 0. The Bertz CT molecular complexity index is 478. The minimum absolute atomic E-state index is 0.00600. The second-order valence-corrected chi connectivity index (χ2v) is 3.74. The minimum Gasteiger partial charge on any atom is -0.395 e. The molecule has 0 aliphatic carbocycles. The van der Waals surface area contributed by atoms with E-state index in [2.05, 4.69) is 5.92 Å². The largest absolute Gasteiger partial charge is 0.395 e. The topological polar surface area (TPSA) is 46.3 Å². The predicted octanol–water partition coefficient (Wildman–Crippen LogP) is 1.39. The lowest BCUT2D eigenvalue weighted by molar-refractivity contribution is -0.117. The van der Waals surface area contributed by atoms with Gasteiger partial charge in [0.25, 0.3) is 0 Å². The van der Waals surface area contributed by atoms with Gasteiger partial charge in [-0.05, 0) is 12.1 Å². The van der Waals surface area contributed by atoms with E-state index in [1.165, 1.54) is 17.0 Å². The van der Waals surface area contributed by atoms with Crippen molar-refractivity contribution in [2.24, 2.45) is 5.92 Å². The van der Waals surface area contributed by atoms with Crippen LogP contribution in [0.2, 0.25) is 0 Å². The van der Waals surface area contributed by atoms with Crippen molar-refractivity contribution in [3.05, 3.63) is 24.0 Å². The van der Waals surface area contributed by atoms with E-state index in [9.17, 15) is 9.18 Å². The molecule has 4 heteroatoms. The molecule has 0 bridgehead atoms. The van der Waals surface area contributed by atoms with Gasteiger partial charge < -0.3 is 10.6 Å². The standard InChI is InChI=1S/C12H11FN2O/c1-2-8-6-11(16)15(7-8)10-5-3-4-9(13)12(10)14/h1,3-5,8H,6-7,14H2. The summed E-state index contributed by atoms with van der Waals surface area (Å²) in [5.41, 5.74) is 5.99. The van der Waals surface area contributed by atoms with Crippen molar-refractivity contribution in [1.29, 1.82) is 0 Å². The fourth-order valence-electron chi connectivity index (χ4n) is 1.81. The molecule has 0 spiro atoms. The van der Waals surface area contributed by atoms with Crippen LogP contribution in [0.4, 0.5) is 15.8 Å². The Kier molecular flexibility index (Phi) is 2.53. The molecule has 1 heterocycles. The number of rotatable bonds is 1. The first-order valence-corrected chi connectivity index (χ1v) is 4.94. The predicted molar refractivity (Wildman–Crippen MR) is 60.1 cm³/mol. The first-order chi connectivity index (χ1) is 7.63. The molecule has 2 N–H and O–H groups in total. The summed E-state index contributed by atoms with van der Waals surface area (Å²) in [6.45, 7) is 0.406. The van der Waals surface area contributed by atoms with E-state index >= 15 is 0 Å². The minimum atomic E-state index is -0.519. The van der Waals surface area contributed by atoms with Crippen LogP contribution < -0.4 is 10.6 Å². The quantitative estimate of drug-likeness (QED) is 0.572. The monoisotopic (exact) mass is 218 g/mol. The Morgan fingerprint density at radius 3 is 2.94 bits per heavy atom. The lowest BCUT2D eigenvalue weighted by Crippen LogP contribution is -2.25. The molecule has 0 saturated carbocycles. The number of nitrogens with two attached hydrogens (primary N) is 1. The number of anilines is 2. The first-order valence-electron chi connectivity index (χ1n) is 4.94. The zero-order valence-corrected chi connectivity index (χ0v) is 8.61. The second kappa shape index (κ2) is 3.86. The van der Waals surface area contributed by atoms with Crippen LogP contribution in [0.5, 0.6) is 0 Å². The van der Waals surface area contributed by atoms with Gasteiger partial charge in [0, 0.05) is 18.9 Å². The Balaban J connectivity index is 2.36. The zero-order chi connectivity index (χ0) is 11.7. The molecule has 3 nitrogen and oxygen atoms in total. The van der Waals surface area contributed by atoms with Crippen molar-refractivity contribution >= 4 is 17.3 Å². The van der Waals surface area contributed by atoms with Gasteiger partial charge in [-0.3, -0.25) is 4.79 Å². The van der Waals surface area contributed by atoms with Crippen molar-refractivity contribution < 1.29 is 9.18 Å². The number of amides is 1.